The normalized spacial score (nSPS) is 10.3. The fraction of sp³-hybridized carbons (Fsp3) is 0.312. The molecule has 106 valence electrons. The Labute approximate surface area is 119 Å². The van der Waals surface area contributed by atoms with Crippen LogP contribution in [0.1, 0.15) is 18.1 Å². The van der Waals surface area contributed by atoms with Crippen LogP contribution in [0.4, 0.5) is 0 Å². The minimum atomic E-state index is 0.607. The summed E-state index contributed by atoms with van der Waals surface area (Å²) < 4.78 is 11.3. The molecule has 20 heavy (non-hydrogen) atoms. The Morgan fingerprint density at radius 2 is 2.05 bits per heavy atom. The van der Waals surface area contributed by atoms with Crippen molar-refractivity contribution in [1.29, 1.82) is 0 Å². The van der Waals surface area contributed by atoms with E-state index in [0.717, 1.165) is 24.2 Å². The summed E-state index contributed by atoms with van der Waals surface area (Å²) in [5.74, 6) is 2.00. The highest BCUT2D eigenvalue weighted by Gasteiger charge is 2.10. The molecule has 0 aliphatic carbocycles. The molecule has 0 fully saturated rings. The van der Waals surface area contributed by atoms with Crippen molar-refractivity contribution in [3.05, 3.63) is 47.7 Å². The summed E-state index contributed by atoms with van der Waals surface area (Å²) in [5, 5.41) is 3.28. The Bertz CT molecular complexity index is 570. The molecule has 0 unspecified atom stereocenters. The van der Waals surface area contributed by atoms with Crippen molar-refractivity contribution in [2.45, 2.75) is 20.4 Å². The van der Waals surface area contributed by atoms with Gasteiger partial charge >= 0.3 is 0 Å². The van der Waals surface area contributed by atoms with Gasteiger partial charge in [-0.2, -0.15) is 0 Å². The number of pyridine rings is 1. The van der Waals surface area contributed by atoms with Crippen molar-refractivity contribution >= 4 is 0 Å². The van der Waals surface area contributed by atoms with Crippen LogP contribution >= 0.6 is 0 Å². The molecule has 0 spiro atoms. The fourth-order valence-corrected chi connectivity index (χ4v) is 1.87. The zero-order valence-corrected chi connectivity index (χ0v) is 12.1. The summed E-state index contributed by atoms with van der Waals surface area (Å²) in [5.41, 5.74) is 2.15. The molecule has 0 atom stereocenters. The maximum atomic E-state index is 5.91. The van der Waals surface area contributed by atoms with Gasteiger partial charge in [0.2, 0.25) is 5.88 Å². The van der Waals surface area contributed by atoms with Crippen LogP contribution in [0.3, 0.4) is 0 Å². The SMILES string of the molecule is CCNCc1cccnc1Oc1ccc(C)cc1OC. The Balaban J connectivity index is 2.25. The smallest absolute Gasteiger partial charge is 0.223 e. The van der Waals surface area contributed by atoms with Gasteiger partial charge in [-0.3, -0.25) is 0 Å². The first-order valence-electron chi connectivity index (χ1n) is 6.71. The van der Waals surface area contributed by atoms with Crippen molar-refractivity contribution in [3.63, 3.8) is 0 Å². The van der Waals surface area contributed by atoms with Crippen molar-refractivity contribution in [2.75, 3.05) is 13.7 Å². The summed E-state index contributed by atoms with van der Waals surface area (Å²) in [7, 11) is 1.64. The van der Waals surface area contributed by atoms with E-state index in [1.807, 2.05) is 37.3 Å². The largest absolute Gasteiger partial charge is 0.493 e. The molecule has 0 radical (unpaired) electrons. The molecular formula is C16H20N2O2. The van der Waals surface area contributed by atoms with E-state index in [9.17, 15) is 0 Å². The molecule has 1 aromatic carbocycles. The Morgan fingerprint density at radius 1 is 1.20 bits per heavy atom. The molecule has 0 saturated heterocycles. The Kier molecular flexibility index (Phi) is 4.96. The van der Waals surface area contributed by atoms with E-state index in [1.165, 1.54) is 0 Å². The van der Waals surface area contributed by atoms with E-state index in [-0.39, 0.29) is 0 Å². The molecule has 1 aromatic heterocycles. The first-order valence-corrected chi connectivity index (χ1v) is 6.71. The molecule has 0 aliphatic rings. The van der Waals surface area contributed by atoms with Crippen LogP contribution in [-0.4, -0.2) is 18.6 Å². The van der Waals surface area contributed by atoms with E-state index in [0.29, 0.717) is 17.4 Å². The highest BCUT2D eigenvalue weighted by atomic mass is 16.5. The zero-order valence-electron chi connectivity index (χ0n) is 12.1. The van der Waals surface area contributed by atoms with Gasteiger partial charge in [-0.15, -0.1) is 0 Å². The van der Waals surface area contributed by atoms with Crippen LogP contribution in [-0.2, 0) is 6.54 Å². The number of hydrogen-bond donors (Lipinski definition) is 1. The van der Waals surface area contributed by atoms with E-state index in [4.69, 9.17) is 9.47 Å². The molecule has 4 nitrogen and oxygen atoms in total. The van der Waals surface area contributed by atoms with Crippen molar-refractivity contribution < 1.29 is 9.47 Å². The molecular weight excluding hydrogens is 252 g/mol. The first kappa shape index (κ1) is 14.3. The minimum Gasteiger partial charge on any atom is -0.493 e. The number of benzene rings is 1. The van der Waals surface area contributed by atoms with Gasteiger partial charge < -0.3 is 14.8 Å². The number of ether oxygens (including phenoxy) is 2. The molecule has 0 amide bonds. The van der Waals surface area contributed by atoms with Gasteiger partial charge in [-0.05, 0) is 37.2 Å². The molecule has 0 aliphatic heterocycles. The number of aryl methyl sites for hydroxylation is 1. The van der Waals surface area contributed by atoms with Gasteiger partial charge in [-0.1, -0.05) is 19.1 Å². The third-order valence-electron chi connectivity index (χ3n) is 2.94. The number of nitrogens with zero attached hydrogens (tertiary/aromatic N) is 1. The summed E-state index contributed by atoms with van der Waals surface area (Å²) in [6.07, 6.45) is 1.73. The van der Waals surface area contributed by atoms with Crippen molar-refractivity contribution in [3.8, 4) is 17.4 Å². The Morgan fingerprint density at radius 3 is 2.80 bits per heavy atom. The molecule has 2 aromatic rings. The second-order valence-electron chi connectivity index (χ2n) is 4.50. The average molecular weight is 272 g/mol. The third kappa shape index (κ3) is 3.48. The number of aromatic nitrogens is 1. The predicted molar refractivity (Wildman–Crippen MR) is 79.4 cm³/mol. The standard InChI is InChI=1S/C16H20N2O2/c1-4-17-11-13-6-5-9-18-16(13)20-14-8-7-12(2)10-15(14)19-3/h5-10,17H,4,11H2,1-3H3. The molecule has 1 heterocycles. The van der Waals surface area contributed by atoms with Gasteiger partial charge in [0.15, 0.2) is 11.5 Å². The summed E-state index contributed by atoms with van der Waals surface area (Å²) in [4.78, 5) is 4.31. The van der Waals surface area contributed by atoms with Crippen LogP contribution in [0.5, 0.6) is 17.4 Å². The van der Waals surface area contributed by atoms with Crippen LogP contribution in [0.2, 0.25) is 0 Å². The van der Waals surface area contributed by atoms with E-state index in [1.54, 1.807) is 13.3 Å². The molecule has 2 rings (SSSR count). The van der Waals surface area contributed by atoms with Gasteiger partial charge in [0.05, 0.1) is 7.11 Å². The Hall–Kier alpha value is -2.07. The summed E-state index contributed by atoms with van der Waals surface area (Å²) in [6.45, 7) is 5.72. The monoisotopic (exact) mass is 272 g/mol. The molecule has 0 saturated carbocycles. The zero-order chi connectivity index (χ0) is 14.4. The lowest BCUT2D eigenvalue weighted by Gasteiger charge is -2.13. The van der Waals surface area contributed by atoms with Gasteiger partial charge in [0.1, 0.15) is 0 Å². The number of hydrogen-bond acceptors (Lipinski definition) is 4. The van der Waals surface area contributed by atoms with Crippen LogP contribution in [0.25, 0.3) is 0 Å². The second kappa shape index (κ2) is 6.91. The lowest BCUT2D eigenvalue weighted by atomic mass is 10.2. The van der Waals surface area contributed by atoms with Crippen LogP contribution in [0.15, 0.2) is 36.5 Å². The topological polar surface area (TPSA) is 43.4 Å². The summed E-state index contributed by atoms with van der Waals surface area (Å²) in [6, 6.07) is 9.75. The summed E-state index contributed by atoms with van der Waals surface area (Å²) >= 11 is 0. The average Bonchev–Trinajstić information content (AvgIpc) is 2.48. The maximum Gasteiger partial charge on any atom is 0.223 e. The van der Waals surface area contributed by atoms with E-state index in [2.05, 4.69) is 17.2 Å². The van der Waals surface area contributed by atoms with Gasteiger partial charge in [-0.25, -0.2) is 4.98 Å². The third-order valence-corrected chi connectivity index (χ3v) is 2.94. The molecule has 0 bridgehead atoms. The van der Waals surface area contributed by atoms with E-state index < -0.39 is 0 Å². The van der Waals surface area contributed by atoms with Crippen LogP contribution in [0, 0.1) is 6.92 Å². The number of rotatable bonds is 6. The van der Waals surface area contributed by atoms with Gasteiger partial charge in [0, 0.05) is 18.3 Å². The fourth-order valence-electron chi connectivity index (χ4n) is 1.87. The molecule has 4 heteroatoms. The van der Waals surface area contributed by atoms with Gasteiger partial charge in [0.25, 0.3) is 0 Å². The lowest BCUT2D eigenvalue weighted by molar-refractivity contribution is 0.371. The minimum absolute atomic E-state index is 0.607. The first-order chi connectivity index (χ1) is 9.74. The number of nitrogens with one attached hydrogen (secondary N) is 1. The number of methoxy groups -OCH3 is 1. The predicted octanol–water partition coefficient (Wildman–Crippen LogP) is 3.30. The van der Waals surface area contributed by atoms with Crippen molar-refractivity contribution in [2.24, 2.45) is 0 Å². The highest BCUT2D eigenvalue weighted by molar-refractivity contribution is 5.45. The lowest BCUT2D eigenvalue weighted by Crippen LogP contribution is -2.12. The van der Waals surface area contributed by atoms with Crippen molar-refractivity contribution in [1.82, 2.24) is 10.3 Å². The van der Waals surface area contributed by atoms with E-state index >= 15 is 0 Å². The van der Waals surface area contributed by atoms with Crippen LogP contribution < -0.4 is 14.8 Å². The maximum absolute atomic E-state index is 5.91. The molecule has 1 N–H and O–H groups in total. The second-order valence-corrected chi connectivity index (χ2v) is 4.50. The highest BCUT2D eigenvalue weighted by Crippen LogP contribution is 2.32. The quantitative estimate of drug-likeness (QED) is 0.876.